The van der Waals surface area contributed by atoms with Crippen LogP contribution in [0.15, 0.2) is 65.8 Å². The number of imide groups is 1. The van der Waals surface area contributed by atoms with Gasteiger partial charge in [0.2, 0.25) is 5.91 Å². The van der Waals surface area contributed by atoms with E-state index in [-0.39, 0.29) is 13.2 Å². The summed E-state index contributed by atoms with van der Waals surface area (Å²) >= 11 is 4.81. The van der Waals surface area contributed by atoms with E-state index in [1.807, 2.05) is 60.7 Å². The fourth-order valence-corrected chi connectivity index (χ4v) is 4.28. The van der Waals surface area contributed by atoms with Crippen molar-refractivity contribution < 1.29 is 19.2 Å². The Labute approximate surface area is 194 Å². The molecule has 0 saturated heterocycles. The molecule has 164 valence electrons. The Bertz CT molecular complexity index is 898. The van der Waals surface area contributed by atoms with Gasteiger partial charge in [-0.25, -0.2) is 9.69 Å². The van der Waals surface area contributed by atoms with Gasteiger partial charge < -0.3 is 15.3 Å². The van der Waals surface area contributed by atoms with Gasteiger partial charge in [-0.1, -0.05) is 65.8 Å². The fraction of sp³-hybridized carbons (Fsp3) is 0.318. The van der Waals surface area contributed by atoms with E-state index in [9.17, 15) is 9.59 Å². The minimum Gasteiger partial charge on any atom is -0.444 e. The second-order valence-electron chi connectivity index (χ2n) is 7.00. The van der Waals surface area contributed by atoms with Crippen molar-refractivity contribution in [1.82, 2.24) is 4.90 Å². The van der Waals surface area contributed by atoms with E-state index in [1.165, 1.54) is 11.8 Å². The van der Waals surface area contributed by atoms with Gasteiger partial charge in [0, 0.05) is 17.9 Å². The highest BCUT2D eigenvalue weighted by Crippen LogP contribution is 2.18. The zero-order valence-electron chi connectivity index (χ0n) is 16.9. The summed E-state index contributed by atoms with van der Waals surface area (Å²) in [7, 11) is 0. The zero-order chi connectivity index (χ0) is 22.1. The lowest BCUT2D eigenvalue weighted by atomic mass is 10.2. The van der Waals surface area contributed by atoms with E-state index in [0.717, 1.165) is 21.8 Å². The highest BCUT2D eigenvalue weighted by Gasteiger charge is 2.33. The summed E-state index contributed by atoms with van der Waals surface area (Å²) in [6, 6.07) is 18.3. The number of halogens is 1. The van der Waals surface area contributed by atoms with Crippen LogP contribution in [0.2, 0.25) is 0 Å². The molecule has 2 atom stereocenters. The summed E-state index contributed by atoms with van der Waals surface area (Å²) < 4.78 is 6.00. The molecule has 1 aliphatic heterocycles. The summed E-state index contributed by atoms with van der Waals surface area (Å²) in [6.07, 6.45) is -0.718. The van der Waals surface area contributed by atoms with Crippen molar-refractivity contribution in [3.05, 3.63) is 71.8 Å². The van der Waals surface area contributed by atoms with Crippen LogP contribution in [-0.2, 0) is 26.7 Å². The van der Waals surface area contributed by atoms with Crippen molar-refractivity contribution in [3.8, 4) is 0 Å². The third-order valence-electron chi connectivity index (χ3n) is 4.50. The van der Waals surface area contributed by atoms with E-state index < -0.39 is 24.1 Å². The largest absolute Gasteiger partial charge is 0.444 e. The molecular formula is C22H24BrN3O4S. The standard InChI is InChI=1S/C22H24BrN3O4S/c23-20-11-18(30-25-20)12-26(22(28)29-13-16-7-3-1-4-8-16)21(27)19(24)15-31-14-17-9-5-2-6-10-17/h1-10,18-19H,11-15,24H2/t18?,19-/m0/s1. The molecule has 2 N–H and O–H groups in total. The van der Waals surface area contributed by atoms with Gasteiger partial charge in [0.1, 0.15) is 11.2 Å². The van der Waals surface area contributed by atoms with Crippen LogP contribution in [0.5, 0.6) is 0 Å². The molecule has 0 fully saturated rings. The highest BCUT2D eigenvalue weighted by molar-refractivity contribution is 9.18. The van der Waals surface area contributed by atoms with E-state index >= 15 is 0 Å². The van der Waals surface area contributed by atoms with Crippen LogP contribution in [0.4, 0.5) is 4.79 Å². The van der Waals surface area contributed by atoms with E-state index in [4.69, 9.17) is 15.3 Å². The molecule has 2 aromatic rings. The SMILES string of the molecule is N[C@@H](CSCc1ccccc1)C(=O)N(CC1CC(Br)=NO1)C(=O)OCc1ccccc1. The molecule has 1 aliphatic rings. The number of hydrogen-bond donors (Lipinski definition) is 1. The first-order valence-corrected chi connectivity index (χ1v) is 11.7. The third kappa shape index (κ3) is 7.37. The second kappa shape index (κ2) is 11.9. The Kier molecular flexibility index (Phi) is 8.93. The average molecular weight is 506 g/mol. The zero-order valence-corrected chi connectivity index (χ0v) is 19.3. The number of carbonyl (C=O) groups is 2. The van der Waals surface area contributed by atoms with Crippen LogP contribution in [0.1, 0.15) is 17.5 Å². The van der Waals surface area contributed by atoms with Crippen LogP contribution < -0.4 is 5.73 Å². The normalized spacial score (nSPS) is 16.2. The number of nitrogens with two attached hydrogens (primary N) is 1. The number of nitrogens with zero attached hydrogens (tertiary/aromatic N) is 2. The molecule has 0 aliphatic carbocycles. The molecule has 7 nitrogen and oxygen atoms in total. The third-order valence-corrected chi connectivity index (χ3v) is 6.10. The molecular weight excluding hydrogens is 482 g/mol. The molecule has 0 bridgehead atoms. The van der Waals surface area contributed by atoms with Crippen LogP contribution in [0.25, 0.3) is 0 Å². The summed E-state index contributed by atoms with van der Waals surface area (Å²) in [6.45, 7) is 0.0786. The van der Waals surface area contributed by atoms with Gasteiger partial charge in [-0.3, -0.25) is 4.79 Å². The molecule has 1 heterocycles. The first-order chi connectivity index (χ1) is 15.0. The minimum atomic E-state index is -0.844. The first kappa shape index (κ1) is 23.3. The molecule has 0 saturated carbocycles. The van der Waals surface area contributed by atoms with Crippen molar-refractivity contribution in [2.24, 2.45) is 10.9 Å². The van der Waals surface area contributed by atoms with Crippen molar-refractivity contribution in [2.45, 2.75) is 30.9 Å². The van der Waals surface area contributed by atoms with Gasteiger partial charge in [-0.15, -0.1) is 0 Å². The topological polar surface area (TPSA) is 94.2 Å². The maximum Gasteiger partial charge on any atom is 0.417 e. The smallest absolute Gasteiger partial charge is 0.417 e. The van der Waals surface area contributed by atoms with Gasteiger partial charge in [0.05, 0.1) is 12.6 Å². The lowest BCUT2D eigenvalue weighted by Crippen LogP contribution is -2.50. The van der Waals surface area contributed by atoms with Gasteiger partial charge in [-0.05, 0) is 27.1 Å². The monoisotopic (exact) mass is 505 g/mol. The molecule has 2 amide bonds. The number of benzene rings is 2. The number of rotatable bonds is 9. The predicted octanol–water partition coefficient (Wildman–Crippen LogP) is 3.91. The molecule has 31 heavy (non-hydrogen) atoms. The Morgan fingerprint density at radius 1 is 1.16 bits per heavy atom. The summed E-state index contributed by atoms with van der Waals surface area (Å²) in [5.74, 6) is 0.611. The van der Waals surface area contributed by atoms with E-state index in [0.29, 0.717) is 16.8 Å². The first-order valence-electron chi connectivity index (χ1n) is 9.80. The molecule has 2 aromatic carbocycles. The molecule has 0 spiro atoms. The van der Waals surface area contributed by atoms with E-state index in [1.54, 1.807) is 0 Å². The molecule has 0 aromatic heterocycles. The van der Waals surface area contributed by atoms with Crippen LogP contribution in [-0.4, -0.2) is 46.0 Å². The Morgan fingerprint density at radius 2 is 1.81 bits per heavy atom. The van der Waals surface area contributed by atoms with Crippen molar-refractivity contribution in [1.29, 1.82) is 0 Å². The van der Waals surface area contributed by atoms with Gasteiger partial charge >= 0.3 is 6.09 Å². The van der Waals surface area contributed by atoms with Gasteiger partial charge in [0.15, 0.2) is 6.10 Å². The molecule has 3 rings (SSSR count). The summed E-state index contributed by atoms with van der Waals surface area (Å²) in [5, 5.41) is 3.82. The van der Waals surface area contributed by atoms with Gasteiger partial charge in [-0.2, -0.15) is 11.8 Å². The number of ether oxygens (including phenoxy) is 1. The number of oxime groups is 1. The molecule has 9 heteroatoms. The quantitative estimate of drug-likeness (QED) is 0.555. The highest BCUT2D eigenvalue weighted by atomic mass is 79.9. The Morgan fingerprint density at radius 3 is 2.42 bits per heavy atom. The van der Waals surface area contributed by atoms with Gasteiger partial charge in [0.25, 0.3) is 0 Å². The number of thioether (sulfide) groups is 1. The Balaban J connectivity index is 1.58. The van der Waals surface area contributed by atoms with Crippen molar-refractivity contribution in [3.63, 3.8) is 0 Å². The second-order valence-corrected chi connectivity index (χ2v) is 8.94. The van der Waals surface area contributed by atoms with Crippen molar-refractivity contribution >= 4 is 44.3 Å². The lowest BCUT2D eigenvalue weighted by molar-refractivity contribution is -0.132. The number of carbonyl (C=O) groups excluding carboxylic acids is 2. The van der Waals surface area contributed by atoms with Crippen LogP contribution in [0.3, 0.4) is 0 Å². The van der Waals surface area contributed by atoms with Crippen LogP contribution in [0, 0.1) is 0 Å². The maximum atomic E-state index is 13.0. The summed E-state index contributed by atoms with van der Waals surface area (Å²) in [4.78, 5) is 32.0. The lowest BCUT2D eigenvalue weighted by Gasteiger charge is -2.25. The average Bonchev–Trinajstić information content (AvgIpc) is 3.21. The van der Waals surface area contributed by atoms with Crippen LogP contribution >= 0.6 is 27.7 Å². The predicted molar refractivity (Wildman–Crippen MR) is 125 cm³/mol. The number of hydrogen-bond acceptors (Lipinski definition) is 7. The van der Waals surface area contributed by atoms with Crippen molar-refractivity contribution in [2.75, 3.05) is 12.3 Å². The maximum absolute atomic E-state index is 13.0. The molecule has 1 unspecified atom stereocenters. The molecule has 0 radical (unpaired) electrons. The number of amides is 2. The minimum absolute atomic E-state index is 0.0160. The fourth-order valence-electron chi connectivity index (χ4n) is 2.90. The van der Waals surface area contributed by atoms with E-state index in [2.05, 4.69) is 21.1 Å². The Hall–Kier alpha value is -2.36. The summed E-state index contributed by atoms with van der Waals surface area (Å²) in [5.41, 5.74) is 8.10.